The number of carbonyl (C=O) groups excluding carboxylic acids is 1. The number of hydrogen-bond donors (Lipinski definition) is 1. The van der Waals surface area contributed by atoms with Crippen LogP contribution in [0.3, 0.4) is 0 Å². The lowest BCUT2D eigenvalue weighted by Gasteiger charge is -2.38. The fourth-order valence-corrected chi connectivity index (χ4v) is 3.91. The molecule has 1 unspecified atom stereocenters. The van der Waals surface area contributed by atoms with Crippen molar-refractivity contribution in [3.05, 3.63) is 0 Å². The maximum Gasteiger partial charge on any atom is 0.226 e. The average molecular weight is 281 g/mol. The second-order valence-corrected chi connectivity index (χ2v) is 6.72. The van der Waals surface area contributed by atoms with Crippen LogP contribution < -0.4 is 0 Å². The molecule has 116 valence electrons. The molecular formula is C17H31NO2. The smallest absolute Gasteiger partial charge is 0.226 e. The molecule has 1 aliphatic carbocycles. The van der Waals surface area contributed by atoms with E-state index in [1.165, 1.54) is 32.1 Å². The Morgan fingerprint density at radius 2 is 1.90 bits per heavy atom. The van der Waals surface area contributed by atoms with Gasteiger partial charge in [0, 0.05) is 12.5 Å². The largest absolute Gasteiger partial charge is 0.394 e. The van der Waals surface area contributed by atoms with Crippen LogP contribution >= 0.6 is 0 Å². The molecule has 2 fully saturated rings. The van der Waals surface area contributed by atoms with Crippen molar-refractivity contribution in [1.29, 1.82) is 0 Å². The summed E-state index contributed by atoms with van der Waals surface area (Å²) in [5, 5.41) is 9.45. The third-order valence-corrected chi connectivity index (χ3v) is 5.28. The van der Waals surface area contributed by atoms with E-state index in [1.54, 1.807) is 0 Å². The van der Waals surface area contributed by atoms with Crippen molar-refractivity contribution in [1.82, 2.24) is 4.90 Å². The Kier molecular flexibility index (Phi) is 6.34. The van der Waals surface area contributed by atoms with E-state index in [0.717, 1.165) is 44.6 Å². The number of rotatable bonds is 5. The van der Waals surface area contributed by atoms with E-state index in [0.29, 0.717) is 5.91 Å². The quantitative estimate of drug-likeness (QED) is 0.839. The fourth-order valence-electron chi connectivity index (χ4n) is 3.91. The maximum atomic E-state index is 12.7. The van der Waals surface area contributed by atoms with Gasteiger partial charge in [-0.2, -0.15) is 0 Å². The predicted molar refractivity (Wildman–Crippen MR) is 81.4 cm³/mol. The van der Waals surface area contributed by atoms with E-state index in [4.69, 9.17) is 0 Å². The van der Waals surface area contributed by atoms with Gasteiger partial charge in [0.15, 0.2) is 0 Å². The molecular weight excluding hydrogens is 250 g/mol. The molecule has 1 saturated heterocycles. The van der Waals surface area contributed by atoms with Gasteiger partial charge in [0.2, 0.25) is 5.91 Å². The molecule has 0 radical (unpaired) electrons. The van der Waals surface area contributed by atoms with Gasteiger partial charge in [-0.1, -0.05) is 26.2 Å². The number of aliphatic hydroxyl groups excluding tert-OH is 1. The first-order chi connectivity index (χ1) is 9.76. The Balaban J connectivity index is 1.81. The van der Waals surface area contributed by atoms with Crippen LogP contribution in [0.2, 0.25) is 0 Å². The first kappa shape index (κ1) is 15.8. The molecule has 0 spiro atoms. The van der Waals surface area contributed by atoms with E-state index in [2.05, 4.69) is 6.92 Å². The molecule has 1 saturated carbocycles. The van der Waals surface area contributed by atoms with Crippen LogP contribution in [0.25, 0.3) is 0 Å². The minimum absolute atomic E-state index is 0.0917. The van der Waals surface area contributed by atoms with E-state index in [9.17, 15) is 9.90 Å². The Hall–Kier alpha value is -0.570. The molecule has 1 N–H and O–H groups in total. The van der Waals surface area contributed by atoms with Gasteiger partial charge < -0.3 is 10.0 Å². The Labute approximate surface area is 123 Å². The SMILES string of the molecule is CCCCC1CCC(C(=O)N2CCCCC2CO)CC1. The molecule has 3 nitrogen and oxygen atoms in total. The Bertz CT molecular complexity index is 297. The van der Waals surface area contributed by atoms with Crippen LogP contribution in [0.5, 0.6) is 0 Å². The van der Waals surface area contributed by atoms with Gasteiger partial charge in [-0.25, -0.2) is 0 Å². The topological polar surface area (TPSA) is 40.5 Å². The summed E-state index contributed by atoms with van der Waals surface area (Å²) in [6, 6.07) is 0.0917. The molecule has 1 heterocycles. The van der Waals surface area contributed by atoms with Crippen molar-refractivity contribution >= 4 is 5.91 Å². The first-order valence-corrected chi connectivity index (χ1v) is 8.67. The highest BCUT2D eigenvalue weighted by Crippen LogP contribution is 2.34. The zero-order chi connectivity index (χ0) is 14.4. The minimum atomic E-state index is 0.0917. The van der Waals surface area contributed by atoms with Crippen molar-refractivity contribution in [2.24, 2.45) is 11.8 Å². The van der Waals surface area contributed by atoms with Gasteiger partial charge in [-0.05, 0) is 50.9 Å². The molecule has 2 aliphatic rings. The maximum absolute atomic E-state index is 12.7. The molecule has 3 heteroatoms. The van der Waals surface area contributed by atoms with Crippen molar-refractivity contribution in [3.8, 4) is 0 Å². The lowest BCUT2D eigenvalue weighted by atomic mass is 9.79. The molecule has 1 atom stereocenters. The van der Waals surface area contributed by atoms with Crippen molar-refractivity contribution in [2.75, 3.05) is 13.2 Å². The standard InChI is InChI=1S/C17H31NO2/c1-2-3-6-14-8-10-15(11-9-14)17(20)18-12-5-4-7-16(18)13-19/h14-16,19H,2-13H2,1H3. The van der Waals surface area contributed by atoms with E-state index in [-0.39, 0.29) is 18.6 Å². The van der Waals surface area contributed by atoms with E-state index < -0.39 is 0 Å². The van der Waals surface area contributed by atoms with Gasteiger partial charge in [0.05, 0.1) is 12.6 Å². The number of carbonyl (C=O) groups is 1. The summed E-state index contributed by atoms with van der Waals surface area (Å²) in [6.07, 6.45) is 11.8. The van der Waals surface area contributed by atoms with Gasteiger partial charge in [-0.3, -0.25) is 4.79 Å². The number of likely N-dealkylation sites (tertiary alicyclic amines) is 1. The zero-order valence-electron chi connectivity index (χ0n) is 13.0. The molecule has 20 heavy (non-hydrogen) atoms. The van der Waals surface area contributed by atoms with Crippen LogP contribution in [-0.4, -0.2) is 35.1 Å². The number of aliphatic hydroxyl groups is 1. The molecule has 0 aromatic heterocycles. The normalized spacial score (nSPS) is 31.3. The lowest BCUT2D eigenvalue weighted by Crippen LogP contribution is -2.48. The minimum Gasteiger partial charge on any atom is -0.394 e. The molecule has 0 bridgehead atoms. The lowest BCUT2D eigenvalue weighted by molar-refractivity contribution is -0.141. The first-order valence-electron chi connectivity index (χ1n) is 8.67. The number of hydrogen-bond acceptors (Lipinski definition) is 2. The summed E-state index contributed by atoms with van der Waals surface area (Å²) in [7, 11) is 0. The highest BCUT2D eigenvalue weighted by atomic mass is 16.3. The van der Waals surface area contributed by atoms with Gasteiger partial charge in [0.25, 0.3) is 0 Å². The summed E-state index contributed by atoms with van der Waals surface area (Å²) >= 11 is 0. The predicted octanol–water partition coefficient (Wildman–Crippen LogP) is 3.36. The van der Waals surface area contributed by atoms with E-state index in [1.807, 2.05) is 4.90 Å². The third kappa shape index (κ3) is 3.97. The van der Waals surface area contributed by atoms with Crippen molar-refractivity contribution < 1.29 is 9.90 Å². The van der Waals surface area contributed by atoms with E-state index >= 15 is 0 Å². The number of piperidine rings is 1. The molecule has 2 rings (SSSR count). The fraction of sp³-hybridized carbons (Fsp3) is 0.941. The number of unbranched alkanes of at least 4 members (excludes halogenated alkanes) is 1. The van der Waals surface area contributed by atoms with Crippen LogP contribution in [0.15, 0.2) is 0 Å². The van der Waals surface area contributed by atoms with Crippen LogP contribution in [0.4, 0.5) is 0 Å². The van der Waals surface area contributed by atoms with Crippen LogP contribution in [-0.2, 0) is 4.79 Å². The summed E-state index contributed by atoms with van der Waals surface area (Å²) in [5.74, 6) is 1.42. The van der Waals surface area contributed by atoms with Gasteiger partial charge in [-0.15, -0.1) is 0 Å². The number of amides is 1. The second kappa shape index (κ2) is 8.02. The summed E-state index contributed by atoms with van der Waals surface area (Å²) in [6.45, 7) is 3.25. The summed E-state index contributed by atoms with van der Waals surface area (Å²) < 4.78 is 0. The zero-order valence-corrected chi connectivity index (χ0v) is 13.0. The van der Waals surface area contributed by atoms with Crippen molar-refractivity contribution in [2.45, 2.75) is 77.2 Å². The number of nitrogens with zero attached hydrogens (tertiary/aromatic N) is 1. The highest BCUT2D eigenvalue weighted by Gasteiger charge is 2.33. The Morgan fingerprint density at radius 3 is 2.55 bits per heavy atom. The molecule has 1 aliphatic heterocycles. The van der Waals surface area contributed by atoms with Gasteiger partial charge in [0.1, 0.15) is 0 Å². The molecule has 1 amide bonds. The van der Waals surface area contributed by atoms with Crippen molar-refractivity contribution in [3.63, 3.8) is 0 Å². The third-order valence-electron chi connectivity index (χ3n) is 5.28. The Morgan fingerprint density at radius 1 is 1.15 bits per heavy atom. The molecule has 0 aromatic rings. The van der Waals surface area contributed by atoms with Crippen LogP contribution in [0, 0.1) is 11.8 Å². The van der Waals surface area contributed by atoms with Crippen LogP contribution in [0.1, 0.15) is 71.1 Å². The molecule has 0 aromatic carbocycles. The van der Waals surface area contributed by atoms with Gasteiger partial charge >= 0.3 is 0 Å². The summed E-state index contributed by atoms with van der Waals surface area (Å²) in [5.41, 5.74) is 0. The second-order valence-electron chi connectivity index (χ2n) is 6.72. The summed E-state index contributed by atoms with van der Waals surface area (Å²) in [4.78, 5) is 14.6. The monoisotopic (exact) mass is 281 g/mol. The average Bonchev–Trinajstić information content (AvgIpc) is 2.52. The highest BCUT2D eigenvalue weighted by molar-refractivity contribution is 5.79.